The van der Waals surface area contributed by atoms with Crippen LogP contribution in [0.5, 0.6) is 0 Å². The molecule has 0 spiro atoms. The highest BCUT2D eigenvalue weighted by Gasteiger charge is 2.11. The number of nitrogens with one attached hydrogen (secondary N) is 1. The van der Waals surface area contributed by atoms with Crippen molar-refractivity contribution in [3.8, 4) is 11.8 Å². The van der Waals surface area contributed by atoms with Crippen molar-refractivity contribution in [1.29, 1.82) is 0 Å². The third-order valence-corrected chi connectivity index (χ3v) is 3.19. The van der Waals surface area contributed by atoms with Crippen molar-refractivity contribution in [2.45, 2.75) is 26.3 Å². The van der Waals surface area contributed by atoms with E-state index in [2.05, 4.69) is 22.1 Å². The van der Waals surface area contributed by atoms with Gasteiger partial charge in [0.1, 0.15) is 6.61 Å². The highest BCUT2D eigenvalue weighted by Crippen LogP contribution is 2.10. The molecular formula is C17H24N2O2. The van der Waals surface area contributed by atoms with E-state index in [1.165, 1.54) is 0 Å². The lowest BCUT2D eigenvalue weighted by Gasteiger charge is -2.17. The van der Waals surface area contributed by atoms with Gasteiger partial charge in [0, 0.05) is 17.2 Å². The van der Waals surface area contributed by atoms with Crippen LogP contribution in [0, 0.1) is 18.8 Å². The summed E-state index contributed by atoms with van der Waals surface area (Å²) in [5.74, 6) is 5.39. The molecule has 114 valence electrons. The van der Waals surface area contributed by atoms with E-state index in [-0.39, 0.29) is 18.6 Å². The van der Waals surface area contributed by atoms with Crippen LogP contribution in [0.15, 0.2) is 18.2 Å². The number of nitrogens with zero attached hydrogens (tertiary/aromatic N) is 1. The maximum Gasteiger partial charge on any atom is 0.251 e. The van der Waals surface area contributed by atoms with Crippen LogP contribution in [0.1, 0.15) is 34.8 Å². The smallest absolute Gasteiger partial charge is 0.251 e. The molecule has 0 heterocycles. The fourth-order valence-electron chi connectivity index (χ4n) is 1.86. The quantitative estimate of drug-likeness (QED) is 0.806. The molecule has 21 heavy (non-hydrogen) atoms. The molecule has 1 aromatic rings. The van der Waals surface area contributed by atoms with Gasteiger partial charge >= 0.3 is 0 Å². The van der Waals surface area contributed by atoms with Crippen molar-refractivity contribution >= 4 is 5.91 Å². The number of hydrogen-bond acceptors (Lipinski definition) is 3. The Kier molecular flexibility index (Phi) is 6.93. The van der Waals surface area contributed by atoms with Crippen LogP contribution >= 0.6 is 0 Å². The van der Waals surface area contributed by atoms with Crippen LogP contribution in [0.3, 0.4) is 0 Å². The van der Waals surface area contributed by atoms with Crippen molar-refractivity contribution < 1.29 is 9.90 Å². The zero-order valence-corrected chi connectivity index (χ0v) is 13.2. The maximum atomic E-state index is 12.2. The fourth-order valence-corrected chi connectivity index (χ4v) is 1.86. The Morgan fingerprint density at radius 2 is 2.14 bits per heavy atom. The van der Waals surface area contributed by atoms with Crippen molar-refractivity contribution in [2.24, 2.45) is 0 Å². The number of aliphatic hydroxyl groups excluding tert-OH is 1. The average Bonchev–Trinajstić information content (AvgIpc) is 2.44. The molecule has 1 atom stereocenters. The Morgan fingerprint density at radius 3 is 2.76 bits per heavy atom. The van der Waals surface area contributed by atoms with Gasteiger partial charge in [-0.25, -0.2) is 0 Å². The van der Waals surface area contributed by atoms with Crippen LogP contribution in [-0.4, -0.2) is 49.2 Å². The molecule has 0 fully saturated rings. The van der Waals surface area contributed by atoms with Crippen LogP contribution in [-0.2, 0) is 0 Å². The molecule has 0 saturated carbocycles. The van der Waals surface area contributed by atoms with Gasteiger partial charge in [-0.15, -0.1) is 0 Å². The first-order chi connectivity index (χ1) is 9.93. The summed E-state index contributed by atoms with van der Waals surface area (Å²) >= 11 is 0. The molecular weight excluding hydrogens is 264 g/mol. The highest BCUT2D eigenvalue weighted by molar-refractivity contribution is 5.94. The SMILES string of the molecule is Cc1ccc(C(=O)NC(C)CCN(C)C)cc1C#CCO. The van der Waals surface area contributed by atoms with Gasteiger partial charge in [-0.1, -0.05) is 17.9 Å². The van der Waals surface area contributed by atoms with E-state index in [0.717, 1.165) is 24.1 Å². The zero-order valence-electron chi connectivity index (χ0n) is 13.2. The highest BCUT2D eigenvalue weighted by atomic mass is 16.2. The standard InChI is InChI=1S/C17H24N2O2/c1-13-7-8-16(12-15(13)6-5-11-20)17(21)18-14(2)9-10-19(3)4/h7-8,12,14,20H,9-11H2,1-4H3,(H,18,21). The van der Waals surface area contributed by atoms with Gasteiger partial charge in [0.25, 0.3) is 5.91 Å². The minimum atomic E-state index is -0.183. The lowest BCUT2D eigenvalue weighted by molar-refractivity contribution is 0.0936. The largest absolute Gasteiger partial charge is 0.384 e. The van der Waals surface area contributed by atoms with E-state index in [4.69, 9.17) is 5.11 Å². The number of aliphatic hydroxyl groups is 1. The number of carbonyl (C=O) groups excluding carboxylic acids is 1. The molecule has 4 nitrogen and oxygen atoms in total. The summed E-state index contributed by atoms with van der Waals surface area (Å²) in [6.45, 7) is 4.69. The summed E-state index contributed by atoms with van der Waals surface area (Å²) < 4.78 is 0. The van der Waals surface area contributed by atoms with E-state index in [0.29, 0.717) is 5.56 Å². The number of amides is 1. The summed E-state index contributed by atoms with van der Waals surface area (Å²) in [6, 6.07) is 5.56. The molecule has 0 radical (unpaired) electrons. The Balaban J connectivity index is 2.74. The van der Waals surface area contributed by atoms with E-state index >= 15 is 0 Å². The Bertz CT molecular complexity index is 541. The van der Waals surface area contributed by atoms with Crippen LogP contribution in [0.4, 0.5) is 0 Å². The minimum absolute atomic E-state index is 0.0895. The second-order valence-corrected chi connectivity index (χ2v) is 5.46. The molecule has 0 aromatic heterocycles. The van der Waals surface area contributed by atoms with E-state index in [1.54, 1.807) is 12.1 Å². The number of benzene rings is 1. The molecule has 0 aliphatic carbocycles. The topological polar surface area (TPSA) is 52.6 Å². The van der Waals surface area contributed by atoms with Crippen molar-refractivity contribution in [2.75, 3.05) is 27.2 Å². The Hall–Kier alpha value is -1.83. The van der Waals surface area contributed by atoms with Crippen LogP contribution in [0.2, 0.25) is 0 Å². The summed E-state index contributed by atoms with van der Waals surface area (Å²) in [7, 11) is 4.03. The monoisotopic (exact) mass is 288 g/mol. The lowest BCUT2D eigenvalue weighted by Crippen LogP contribution is -2.34. The molecule has 4 heteroatoms. The van der Waals surface area contributed by atoms with Crippen molar-refractivity contribution in [3.05, 3.63) is 34.9 Å². The third-order valence-electron chi connectivity index (χ3n) is 3.19. The van der Waals surface area contributed by atoms with Gasteiger partial charge in [-0.3, -0.25) is 4.79 Å². The normalized spacial score (nSPS) is 11.7. The second kappa shape index (κ2) is 8.46. The summed E-state index contributed by atoms with van der Waals surface area (Å²) in [4.78, 5) is 14.3. The summed E-state index contributed by atoms with van der Waals surface area (Å²) in [5, 5.41) is 11.8. The van der Waals surface area contributed by atoms with Crippen LogP contribution < -0.4 is 5.32 Å². The van der Waals surface area contributed by atoms with E-state index in [1.807, 2.05) is 34.0 Å². The second-order valence-electron chi connectivity index (χ2n) is 5.46. The predicted octanol–water partition coefficient (Wildman–Crippen LogP) is 1.41. The third kappa shape index (κ3) is 5.99. The average molecular weight is 288 g/mol. The fraction of sp³-hybridized carbons (Fsp3) is 0.471. The van der Waals surface area contributed by atoms with Crippen molar-refractivity contribution in [3.63, 3.8) is 0 Å². The first-order valence-electron chi connectivity index (χ1n) is 7.10. The molecule has 0 bridgehead atoms. The Morgan fingerprint density at radius 1 is 1.43 bits per heavy atom. The molecule has 1 rings (SSSR count). The molecule has 2 N–H and O–H groups in total. The maximum absolute atomic E-state index is 12.2. The zero-order chi connectivity index (χ0) is 15.8. The summed E-state index contributed by atoms with van der Waals surface area (Å²) in [5.41, 5.74) is 2.37. The molecule has 0 saturated heterocycles. The summed E-state index contributed by atoms with van der Waals surface area (Å²) in [6.07, 6.45) is 0.905. The van der Waals surface area contributed by atoms with Gasteiger partial charge in [0.05, 0.1) is 0 Å². The first kappa shape index (κ1) is 17.2. The van der Waals surface area contributed by atoms with Gasteiger partial charge in [0.15, 0.2) is 0 Å². The predicted molar refractivity (Wildman–Crippen MR) is 85.2 cm³/mol. The van der Waals surface area contributed by atoms with Gasteiger partial charge in [-0.2, -0.15) is 0 Å². The van der Waals surface area contributed by atoms with E-state index in [9.17, 15) is 4.79 Å². The van der Waals surface area contributed by atoms with Crippen LogP contribution in [0.25, 0.3) is 0 Å². The molecule has 0 aliphatic rings. The number of carbonyl (C=O) groups is 1. The van der Waals surface area contributed by atoms with E-state index < -0.39 is 0 Å². The minimum Gasteiger partial charge on any atom is -0.384 e. The molecule has 1 amide bonds. The Labute approximate surface area is 127 Å². The molecule has 1 unspecified atom stereocenters. The van der Waals surface area contributed by atoms with Crippen molar-refractivity contribution in [1.82, 2.24) is 10.2 Å². The van der Waals surface area contributed by atoms with Gasteiger partial charge < -0.3 is 15.3 Å². The van der Waals surface area contributed by atoms with Gasteiger partial charge in [-0.05, 0) is 58.6 Å². The lowest BCUT2D eigenvalue weighted by atomic mass is 10.0. The first-order valence-corrected chi connectivity index (χ1v) is 7.10. The molecule has 1 aromatic carbocycles. The van der Waals surface area contributed by atoms with Gasteiger partial charge in [0.2, 0.25) is 0 Å². The number of rotatable bonds is 5. The number of aryl methyl sites for hydroxylation is 1. The molecule has 0 aliphatic heterocycles. The number of hydrogen-bond donors (Lipinski definition) is 2.